The van der Waals surface area contributed by atoms with Gasteiger partial charge in [-0.25, -0.2) is 9.59 Å². The largest absolute Gasteiger partial charge is 0.445 e. The highest BCUT2D eigenvalue weighted by Gasteiger charge is 2.42. The first-order chi connectivity index (χ1) is 20.5. The van der Waals surface area contributed by atoms with Gasteiger partial charge < -0.3 is 25.2 Å². The molecule has 0 aromatic heterocycles. The van der Waals surface area contributed by atoms with Crippen LogP contribution in [0.1, 0.15) is 84.0 Å². The van der Waals surface area contributed by atoms with Crippen molar-refractivity contribution in [3.05, 3.63) is 71.8 Å². The number of piperidine rings is 1. The third-order valence-electron chi connectivity index (χ3n) is 9.99. The SMILES string of the molecule is CCN(C(=O)OCC1=CC=CCC=C1)C1CCN(C[C@H]2CC(N(C(N)=O)C3CCCCC3)CC2c2ccccc2)CC1.[HH]. The predicted octanol–water partition coefficient (Wildman–Crippen LogP) is 6.87. The van der Waals surface area contributed by atoms with E-state index in [1.165, 1.54) is 24.8 Å². The molecule has 2 saturated carbocycles. The zero-order chi connectivity index (χ0) is 29.3. The fourth-order valence-electron chi connectivity index (χ4n) is 7.88. The van der Waals surface area contributed by atoms with Crippen LogP contribution in [0.15, 0.2) is 66.3 Å². The van der Waals surface area contributed by atoms with Crippen LogP contribution >= 0.6 is 0 Å². The van der Waals surface area contributed by atoms with Gasteiger partial charge in [-0.15, -0.1) is 0 Å². The highest BCUT2D eigenvalue weighted by atomic mass is 16.6. The van der Waals surface area contributed by atoms with Crippen molar-refractivity contribution in [3.63, 3.8) is 0 Å². The molecule has 0 bridgehead atoms. The van der Waals surface area contributed by atoms with Crippen LogP contribution in [0.3, 0.4) is 0 Å². The van der Waals surface area contributed by atoms with Crippen molar-refractivity contribution in [2.75, 3.05) is 32.8 Å². The van der Waals surface area contributed by atoms with Gasteiger partial charge in [-0.05, 0) is 74.8 Å². The molecule has 1 aliphatic heterocycles. The maximum absolute atomic E-state index is 13.0. The molecule has 1 heterocycles. The minimum atomic E-state index is -0.241. The Bertz CT molecular complexity index is 1130. The van der Waals surface area contributed by atoms with Gasteiger partial charge in [0, 0.05) is 45.7 Å². The lowest BCUT2D eigenvalue weighted by molar-refractivity contribution is 0.0686. The lowest BCUT2D eigenvalue weighted by Crippen LogP contribution is -2.50. The van der Waals surface area contributed by atoms with Crippen molar-refractivity contribution in [1.29, 1.82) is 0 Å². The average Bonchev–Trinajstić information content (AvgIpc) is 3.23. The number of carbonyl (C=O) groups excluding carboxylic acids is 2. The van der Waals surface area contributed by atoms with E-state index in [1.54, 1.807) is 0 Å². The second kappa shape index (κ2) is 14.9. The Balaban J connectivity index is 0.00000423. The number of hydrogen-bond donors (Lipinski definition) is 1. The molecule has 1 aromatic carbocycles. The average molecular weight is 577 g/mol. The molecular weight excluding hydrogens is 524 g/mol. The molecule has 1 saturated heterocycles. The number of ether oxygens (including phenoxy) is 1. The van der Waals surface area contributed by atoms with E-state index in [4.69, 9.17) is 10.5 Å². The van der Waals surface area contributed by atoms with Crippen molar-refractivity contribution in [2.45, 2.75) is 95.2 Å². The monoisotopic (exact) mass is 576 g/mol. The Labute approximate surface area is 253 Å². The summed E-state index contributed by atoms with van der Waals surface area (Å²) in [6.45, 7) is 5.96. The number of rotatable bonds is 9. The summed E-state index contributed by atoms with van der Waals surface area (Å²) in [6, 6.07) is 11.3. The molecule has 4 aliphatic rings. The standard InChI is InChI=1S/C35H50N4O3.H2/c1-2-38(35(41)42-26-27-13-7-3-4-8-14-27)30-19-21-37(22-20-30)25-29-23-32(24-33(29)28-15-9-5-10-16-28)39(34(36)40)31-17-11-6-12-18-31;/h3,5,7-10,13-16,29-33H,2,4,6,11-12,17-26H2,1H3,(H2,36,40);1H/t29-,32?,33?;/m1./s1. The number of hydrogen-bond acceptors (Lipinski definition) is 4. The number of nitrogens with two attached hydrogens (primary N) is 1. The fraction of sp³-hybridized carbons (Fsp3) is 0.600. The fourth-order valence-corrected chi connectivity index (χ4v) is 7.88. The van der Waals surface area contributed by atoms with Crippen molar-refractivity contribution in [3.8, 4) is 0 Å². The third kappa shape index (κ3) is 7.66. The molecule has 3 aliphatic carbocycles. The number of likely N-dealkylation sites (tertiary alicyclic amines) is 1. The van der Waals surface area contributed by atoms with E-state index >= 15 is 0 Å². The summed E-state index contributed by atoms with van der Waals surface area (Å²) in [7, 11) is 0. The van der Waals surface area contributed by atoms with E-state index in [1.807, 2.05) is 30.1 Å². The number of primary amides is 1. The van der Waals surface area contributed by atoms with Crippen molar-refractivity contribution in [2.24, 2.45) is 11.7 Å². The Morgan fingerprint density at radius 1 is 0.976 bits per heavy atom. The number of allylic oxidation sites excluding steroid dienone is 4. The first kappa shape index (κ1) is 30.4. The van der Waals surface area contributed by atoms with Gasteiger partial charge in [-0.1, -0.05) is 80.0 Å². The van der Waals surface area contributed by atoms with Crippen LogP contribution in [0.5, 0.6) is 0 Å². The highest BCUT2D eigenvalue weighted by Crippen LogP contribution is 2.44. The molecule has 2 unspecified atom stereocenters. The number of benzene rings is 1. The van der Waals surface area contributed by atoms with Crippen LogP contribution in [-0.4, -0.2) is 77.7 Å². The predicted molar refractivity (Wildman–Crippen MR) is 170 cm³/mol. The third-order valence-corrected chi connectivity index (χ3v) is 9.99. The first-order valence-electron chi connectivity index (χ1n) is 16.3. The maximum Gasteiger partial charge on any atom is 0.410 e. The topological polar surface area (TPSA) is 79.1 Å². The summed E-state index contributed by atoms with van der Waals surface area (Å²) in [5.74, 6) is 0.894. The summed E-state index contributed by atoms with van der Waals surface area (Å²) in [6.07, 6.45) is 20.7. The lowest BCUT2D eigenvalue weighted by atomic mass is 9.88. The van der Waals surface area contributed by atoms with Gasteiger partial charge >= 0.3 is 12.1 Å². The summed E-state index contributed by atoms with van der Waals surface area (Å²) in [4.78, 5) is 32.3. The van der Waals surface area contributed by atoms with Crippen LogP contribution in [-0.2, 0) is 4.74 Å². The summed E-state index contributed by atoms with van der Waals surface area (Å²) < 4.78 is 5.72. The maximum atomic E-state index is 13.0. The van der Waals surface area contributed by atoms with E-state index < -0.39 is 0 Å². The molecule has 3 atom stereocenters. The molecule has 7 heteroatoms. The zero-order valence-electron chi connectivity index (χ0n) is 25.4. The molecule has 2 N–H and O–H groups in total. The molecule has 230 valence electrons. The summed E-state index contributed by atoms with van der Waals surface area (Å²) >= 11 is 0. The Morgan fingerprint density at radius 3 is 2.45 bits per heavy atom. The first-order valence-corrected chi connectivity index (χ1v) is 16.3. The highest BCUT2D eigenvalue weighted by molar-refractivity contribution is 5.73. The minimum absolute atomic E-state index is 0. The summed E-state index contributed by atoms with van der Waals surface area (Å²) in [5.41, 5.74) is 8.43. The zero-order valence-corrected chi connectivity index (χ0v) is 25.4. The molecule has 3 fully saturated rings. The number of urea groups is 1. The smallest absolute Gasteiger partial charge is 0.410 e. The van der Waals surface area contributed by atoms with Crippen molar-refractivity contribution in [1.82, 2.24) is 14.7 Å². The van der Waals surface area contributed by atoms with Gasteiger partial charge in [0.2, 0.25) is 0 Å². The van der Waals surface area contributed by atoms with Gasteiger partial charge in [0.25, 0.3) is 0 Å². The molecule has 5 rings (SSSR count). The van der Waals surface area contributed by atoms with E-state index in [2.05, 4.69) is 52.3 Å². The number of nitrogens with zero attached hydrogens (tertiary/aromatic N) is 3. The van der Waals surface area contributed by atoms with Gasteiger partial charge in [0.1, 0.15) is 6.61 Å². The molecule has 3 amide bonds. The number of amides is 3. The normalized spacial score (nSPS) is 25.5. The van der Waals surface area contributed by atoms with E-state index in [0.717, 1.165) is 70.2 Å². The molecular formula is C35H52N4O3. The van der Waals surface area contributed by atoms with Crippen molar-refractivity contribution >= 4 is 12.1 Å². The number of carbonyl (C=O) groups is 2. The second-order valence-corrected chi connectivity index (χ2v) is 12.6. The molecule has 1 aromatic rings. The van der Waals surface area contributed by atoms with Gasteiger partial charge in [-0.2, -0.15) is 0 Å². The van der Waals surface area contributed by atoms with Crippen LogP contribution in [0, 0.1) is 5.92 Å². The Kier molecular flexibility index (Phi) is 10.8. The quantitative estimate of drug-likeness (QED) is 0.348. The minimum Gasteiger partial charge on any atom is -0.445 e. The van der Waals surface area contributed by atoms with Gasteiger partial charge in [-0.3, -0.25) is 0 Å². The molecule has 42 heavy (non-hydrogen) atoms. The van der Waals surface area contributed by atoms with E-state index in [0.29, 0.717) is 31.0 Å². The Morgan fingerprint density at radius 2 is 1.74 bits per heavy atom. The van der Waals surface area contributed by atoms with Gasteiger partial charge in [0.05, 0.1) is 0 Å². The van der Waals surface area contributed by atoms with E-state index in [9.17, 15) is 9.59 Å². The molecule has 0 spiro atoms. The molecule has 0 radical (unpaired) electrons. The van der Waals surface area contributed by atoms with E-state index in [-0.39, 0.29) is 25.6 Å². The second-order valence-electron chi connectivity index (χ2n) is 12.6. The molecule has 7 nitrogen and oxygen atoms in total. The van der Waals surface area contributed by atoms with Crippen LogP contribution < -0.4 is 5.73 Å². The van der Waals surface area contributed by atoms with Gasteiger partial charge in [0.15, 0.2) is 0 Å². The van der Waals surface area contributed by atoms with Crippen LogP contribution in [0.2, 0.25) is 0 Å². The van der Waals surface area contributed by atoms with Crippen LogP contribution in [0.25, 0.3) is 0 Å². The van der Waals surface area contributed by atoms with Crippen molar-refractivity contribution < 1.29 is 15.8 Å². The Hall–Kier alpha value is -3.06. The lowest BCUT2D eigenvalue weighted by Gasteiger charge is -2.39. The van der Waals surface area contributed by atoms with Crippen LogP contribution in [0.4, 0.5) is 9.59 Å². The summed E-state index contributed by atoms with van der Waals surface area (Å²) in [5, 5.41) is 0.